The predicted molar refractivity (Wildman–Crippen MR) is 63.5 cm³/mol. The number of benzene rings is 1. The molecule has 0 fully saturated rings. The lowest BCUT2D eigenvalue weighted by Gasteiger charge is -2.05. The molecule has 0 spiro atoms. The van der Waals surface area contributed by atoms with Crippen LogP contribution in [0.4, 0.5) is 10.1 Å². The van der Waals surface area contributed by atoms with E-state index in [1.54, 1.807) is 29.0 Å². The second-order valence-electron chi connectivity index (χ2n) is 2.96. The normalized spacial score (nSPS) is 10.3. The molecule has 2 aromatic rings. The van der Waals surface area contributed by atoms with Crippen molar-refractivity contribution in [2.45, 2.75) is 6.54 Å². The zero-order valence-corrected chi connectivity index (χ0v) is 10.1. The van der Waals surface area contributed by atoms with Crippen molar-refractivity contribution in [3.05, 3.63) is 45.1 Å². The summed E-state index contributed by atoms with van der Waals surface area (Å²) in [5.41, 5.74) is 3.65. The fourth-order valence-electron chi connectivity index (χ4n) is 1.12. The van der Waals surface area contributed by atoms with Crippen LogP contribution in [0, 0.1) is 5.82 Å². The Balaban J connectivity index is 2.02. The fraction of sp³-hybridized carbons (Fsp3) is 0.100. The summed E-state index contributed by atoms with van der Waals surface area (Å²) >= 11 is 4.70. The average Bonchev–Trinajstić information content (AvgIpc) is 2.73. The van der Waals surface area contributed by atoms with Crippen LogP contribution in [0.15, 0.2) is 33.6 Å². The van der Waals surface area contributed by atoms with Crippen molar-refractivity contribution in [2.75, 3.05) is 5.32 Å². The zero-order valence-electron chi connectivity index (χ0n) is 7.71. The van der Waals surface area contributed by atoms with E-state index < -0.39 is 0 Å². The molecule has 2 nitrogen and oxygen atoms in total. The molecule has 0 amide bonds. The highest BCUT2D eigenvalue weighted by Gasteiger charge is 2.00. The molecule has 0 radical (unpaired) electrons. The zero-order chi connectivity index (χ0) is 10.7. The molecule has 0 unspecified atom stereocenters. The van der Waals surface area contributed by atoms with Crippen LogP contribution >= 0.6 is 27.3 Å². The van der Waals surface area contributed by atoms with Crippen molar-refractivity contribution in [1.82, 2.24) is 4.98 Å². The Labute approximate surface area is 99.3 Å². The number of rotatable bonds is 3. The minimum Gasteiger partial charge on any atom is -0.379 e. The van der Waals surface area contributed by atoms with E-state index in [2.05, 4.69) is 26.2 Å². The van der Waals surface area contributed by atoms with E-state index in [0.29, 0.717) is 11.0 Å². The van der Waals surface area contributed by atoms with Gasteiger partial charge in [-0.25, -0.2) is 9.37 Å². The summed E-state index contributed by atoms with van der Waals surface area (Å²) in [6, 6.07) is 4.83. The van der Waals surface area contributed by atoms with Crippen molar-refractivity contribution < 1.29 is 4.39 Å². The van der Waals surface area contributed by atoms with Gasteiger partial charge >= 0.3 is 0 Å². The highest BCUT2D eigenvalue weighted by molar-refractivity contribution is 9.10. The quantitative estimate of drug-likeness (QED) is 0.932. The third kappa shape index (κ3) is 2.76. The molecule has 5 heteroatoms. The lowest BCUT2D eigenvalue weighted by molar-refractivity contribution is 0.621. The monoisotopic (exact) mass is 286 g/mol. The summed E-state index contributed by atoms with van der Waals surface area (Å²) in [5, 5.41) is 5.14. The van der Waals surface area contributed by atoms with Crippen molar-refractivity contribution in [2.24, 2.45) is 0 Å². The maximum Gasteiger partial charge on any atom is 0.137 e. The maximum atomic E-state index is 12.9. The summed E-state index contributed by atoms with van der Waals surface area (Å²) in [6.07, 6.45) is 0. The highest BCUT2D eigenvalue weighted by Crippen LogP contribution is 2.20. The highest BCUT2D eigenvalue weighted by atomic mass is 79.9. The Morgan fingerprint density at radius 1 is 1.47 bits per heavy atom. The minimum atomic E-state index is -0.255. The van der Waals surface area contributed by atoms with Crippen LogP contribution in [0.1, 0.15) is 5.69 Å². The number of hydrogen-bond acceptors (Lipinski definition) is 3. The molecular formula is C10H8BrFN2S. The molecule has 0 atom stereocenters. The number of nitrogens with one attached hydrogen (secondary N) is 1. The van der Waals surface area contributed by atoms with Gasteiger partial charge in [0, 0.05) is 11.1 Å². The number of halogens is 2. The molecule has 78 valence electrons. The van der Waals surface area contributed by atoms with Gasteiger partial charge in [0.05, 0.1) is 22.2 Å². The van der Waals surface area contributed by atoms with Crippen LogP contribution < -0.4 is 5.32 Å². The second-order valence-corrected chi connectivity index (χ2v) is 4.54. The standard InChI is InChI=1S/C10H8BrFN2S/c11-9-3-7(1-2-10(9)12)13-4-8-5-15-6-14-8/h1-3,5-6,13H,4H2. The molecule has 15 heavy (non-hydrogen) atoms. The van der Waals surface area contributed by atoms with E-state index in [1.807, 2.05) is 5.38 Å². The van der Waals surface area contributed by atoms with E-state index in [1.165, 1.54) is 6.07 Å². The van der Waals surface area contributed by atoms with Crippen LogP contribution in [-0.2, 0) is 6.54 Å². The summed E-state index contributed by atoms with van der Waals surface area (Å²) in [5.74, 6) is -0.255. The number of thiazole rings is 1. The molecule has 0 saturated heterocycles. The Bertz CT molecular complexity index is 445. The molecule has 0 aliphatic carbocycles. The van der Waals surface area contributed by atoms with Crippen LogP contribution in [0.25, 0.3) is 0 Å². The van der Waals surface area contributed by atoms with Crippen molar-refractivity contribution in [3.63, 3.8) is 0 Å². The van der Waals surface area contributed by atoms with Gasteiger partial charge in [0.2, 0.25) is 0 Å². The van der Waals surface area contributed by atoms with E-state index in [9.17, 15) is 4.39 Å². The Hall–Kier alpha value is -0.940. The third-order valence-electron chi connectivity index (χ3n) is 1.88. The van der Waals surface area contributed by atoms with Gasteiger partial charge < -0.3 is 5.32 Å². The summed E-state index contributed by atoms with van der Waals surface area (Å²) < 4.78 is 13.4. The maximum absolute atomic E-state index is 12.9. The van der Waals surface area contributed by atoms with Crippen molar-refractivity contribution >= 4 is 33.0 Å². The molecule has 0 saturated carbocycles. The van der Waals surface area contributed by atoms with E-state index in [4.69, 9.17) is 0 Å². The van der Waals surface area contributed by atoms with Gasteiger partial charge in [-0.2, -0.15) is 0 Å². The van der Waals surface area contributed by atoms with Crippen molar-refractivity contribution in [1.29, 1.82) is 0 Å². The molecule has 1 aromatic carbocycles. The second kappa shape index (κ2) is 4.72. The number of anilines is 1. The Morgan fingerprint density at radius 2 is 2.33 bits per heavy atom. The first kappa shape index (κ1) is 10.6. The van der Waals surface area contributed by atoms with E-state index in [-0.39, 0.29) is 5.82 Å². The SMILES string of the molecule is Fc1ccc(NCc2cscn2)cc1Br. The molecule has 0 aliphatic heterocycles. The number of aromatic nitrogens is 1. The van der Waals surface area contributed by atoms with Gasteiger partial charge in [0.25, 0.3) is 0 Å². The average molecular weight is 287 g/mol. The molecule has 0 bridgehead atoms. The summed E-state index contributed by atoms with van der Waals surface area (Å²) in [6.45, 7) is 0.654. The first-order chi connectivity index (χ1) is 7.25. The number of nitrogens with zero attached hydrogens (tertiary/aromatic N) is 1. The van der Waals surface area contributed by atoms with Gasteiger partial charge in [-0.15, -0.1) is 11.3 Å². The first-order valence-electron chi connectivity index (χ1n) is 4.31. The topological polar surface area (TPSA) is 24.9 Å². The van der Waals surface area contributed by atoms with Crippen LogP contribution in [0.2, 0.25) is 0 Å². The van der Waals surface area contributed by atoms with Gasteiger partial charge in [-0.3, -0.25) is 0 Å². The Kier molecular flexibility index (Phi) is 3.33. The lowest BCUT2D eigenvalue weighted by atomic mass is 10.3. The van der Waals surface area contributed by atoms with Gasteiger partial charge in [0.1, 0.15) is 5.82 Å². The largest absolute Gasteiger partial charge is 0.379 e. The predicted octanol–water partition coefficient (Wildman–Crippen LogP) is 3.66. The molecule has 1 heterocycles. The lowest BCUT2D eigenvalue weighted by Crippen LogP contribution is -1.99. The molecular weight excluding hydrogens is 279 g/mol. The van der Waals surface area contributed by atoms with Crippen LogP contribution in [0.3, 0.4) is 0 Å². The molecule has 0 aliphatic rings. The van der Waals surface area contributed by atoms with E-state index in [0.717, 1.165) is 11.4 Å². The van der Waals surface area contributed by atoms with E-state index >= 15 is 0 Å². The summed E-state index contributed by atoms with van der Waals surface area (Å²) in [7, 11) is 0. The minimum absolute atomic E-state index is 0.255. The van der Waals surface area contributed by atoms with Crippen molar-refractivity contribution in [3.8, 4) is 0 Å². The number of hydrogen-bond donors (Lipinski definition) is 1. The molecule has 1 N–H and O–H groups in total. The smallest absolute Gasteiger partial charge is 0.137 e. The molecule has 1 aromatic heterocycles. The van der Waals surface area contributed by atoms with Gasteiger partial charge in [0.15, 0.2) is 0 Å². The fourth-order valence-corrected chi connectivity index (χ4v) is 2.06. The third-order valence-corrected chi connectivity index (χ3v) is 3.12. The summed E-state index contributed by atoms with van der Waals surface area (Å²) in [4.78, 5) is 4.14. The van der Waals surface area contributed by atoms with Crippen LogP contribution in [0.5, 0.6) is 0 Å². The Morgan fingerprint density at radius 3 is 3.00 bits per heavy atom. The first-order valence-corrected chi connectivity index (χ1v) is 6.05. The van der Waals surface area contributed by atoms with Gasteiger partial charge in [-0.1, -0.05) is 0 Å². The molecule has 2 rings (SSSR count). The van der Waals surface area contributed by atoms with Gasteiger partial charge in [-0.05, 0) is 34.1 Å². The van der Waals surface area contributed by atoms with Crippen LogP contribution in [-0.4, -0.2) is 4.98 Å².